The molecule has 1 aliphatic heterocycles. The van der Waals surface area contributed by atoms with E-state index in [0.29, 0.717) is 18.3 Å². The Morgan fingerprint density at radius 3 is 2.26 bits per heavy atom. The summed E-state index contributed by atoms with van der Waals surface area (Å²) in [6.45, 7) is 2.68. The Morgan fingerprint density at radius 2 is 1.63 bits per heavy atom. The summed E-state index contributed by atoms with van der Waals surface area (Å²) < 4.78 is 5.43. The highest BCUT2D eigenvalue weighted by Crippen LogP contribution is 2.24. The molecule has 0 unspecified atom stereocenters. The summed E-state index contributed by atoms with van der Waals surface area (Å²) in [5, 5.41) is 4.09. The highest BCUT2D eigenvalue weighted by molar-refractivity contribution is 5.85. The average molecular weight is 386 g/mol. The smallest absolute Gasteiger partial charge is 0.259 e. The van der Waals surface area contributed by atoms with Gasteiger partial charge in [-0.2, -0.15) is 4.98 Å². The van der Waals surface area contributed by atoms with Gasteiger partial charge in [-0.05, 0) is 30.5 Å². The van der Waals surface area contributed by atoms with Gasteiger partial charge in [-0.3, -0.25) is 0 Å². The third-order valence-electron chi connectivity index (χ3n) is 4.80. The molecular formula is C20H24ClN5O. The second kappa shape index (κ2) is 8.97. The van der Waals surface area contributed by atoms with E-state index < -0.39 is 0 Å². The standard InChI is InChI=1S/C20H23N5O.ClH/c21-13-15-5-7-16(8-6-15)19-23-20(26-24-19)17-9-10-18(22-14-17)25-11-3-1-2-4-12-25;/h5-10,14H,1-4,11-13,21H2;1H. The van der Waals surface area contributed by atoms with Crippen LogP contribution in [0.3, 0.4) is 0 Å². The average Bonchev–Trinajstić information content (AvgIpc) is 3.04. The van der Waals surface area contributed by atoms with Crippen LogP contribution in [-0.4, -0.2) is 28.2 Å². The molecule has 1 saturated heterocycles. The van der Waals surface area contributed by atoms with Crippen LogP contribution in [0.2, 0.25) is 0 Å². The fourth-order valence-corrected chi connectivity index (χ4v) is 3.25. The summed E-state index contributed by atoms with van der Waals surface area (Å²) in [6.07, 6.45) is 6.91. The Balaban J connectivity index is 0.00000210. The van der Waals surface area contributed by atoms with Crippen molar-refractivity contribution >= 4 is 18.2 Å². The number of anilines is 1. The maximum atomic E-state index is 5.63. The monoisotopic (exact) mass is 385 g/mol. The van der Waals surface area contributed by atoms with Crippen LogP contribution < -0.4 is 10.6 Å². The summed E-state index contributed by atoms with van der Waals surface area (Å²) in [6, 6.07) is 11.9. The molecule has 1 aromatic carbocycles. The molecule has 0 radical (unpaired) electrons. The quantitative estimate of drug-likeness (QED) is 0.729. The summed E-state index contributed by atoms with van der Waals surface area (Å²) in [5.41, 5.74) is 8.45. The number of hydrogen-bond acceptors (Lipinski definition) is 6. The van der Waals surface area contributed by atoms with Crippen LogP contribution in [0, 0.1) is 0 Å². The van der Waals surface area contributed by atoms with Crippen molar-refractivity contribution in [1.29, 1.82) is 0 Å². The zero-order chi connectivity index (χ0) is 17.8. The van der Waals surface area contributed by atoms with Gasteiger partial charge in [-0.1, -0.05) is 42.3 Å². The van der Waals surface area contributed by atoms with Crippen LogP contribution in [0.15, 0.2) is 47.1 Å². The molecule has 0 bridgehead atoms. The Hall–Kier alpha value is -2.44. The molecule has 0 amide bonds. The number of halogens is 1. The lowest BCUT2D eigenvalue weighted by Crippen LogP contribution is -2.24. The number of nitrogens with zero attached hydrogens (tertiary/aromatic N) is 4. The molecule has 1 fully saturated rings. The van der Waals surface area contributed by atoms with Crippen LogP contribution in [-0.2, 0) is 6.54 Å². The van der Waals surface area contributed by atoms with Gasteiger partial charge in [0.25, 0.3) is 5.89 Å². The van der Waals surface area contributed by atoms with E-state index >= 15 is 0 Å². The molecule has 6 nitrogen and oxygen atoms in total. The van der Waals surface area contributed by atoms with Gasteiger partial charge in [0.1, 0.15) is 5.82 Å². The zero-order valence-electron chi connectivity index (χ0n) is 15.2. The number of rotatable bonds is 4. The highest BCUT2D eigenvalue weighted by atomic mass is 35.5. The summed E-state index contributed by atoms with van der Waals surface area (Å²) in [4.78, 5) is 11.5. The molecule has 2 aromatic heterocycles. The Labute approximate surface area is 165 Å². The number of aromatic nitrogens is 3. The Bertz CT molecular complexity index is 840. The van der Waals surface area contributed by atoms with Crippen molar-refractivity contribution in [3.8, 4) is 22.8 Å². The van der Waals surface area contributed by atoms with E-state index in [4.69, 9.17) is 10.3 Å². The van der Waals surface area contributed by atoms with Gasteiger partial charge in [-0.25, -0.2) is 4.98 Å². The topological polar surface area (TPSA) is 81.1 Å². The van der Waals surface area contributed by atoms with Gasteiger partial charge in [-0.15, -0.1) is 12.4 Å². The number of pyridine rings is 1. The molecule has 0 saturated carbocycles. The van der Waals surface area contributed by atoms with Crippen molar-refractivity contribution in [2.24, 2.45) is 5.73 Å². The number of nitrogens with two attached hydrogens (primary N) is 1. The minimum atomic E-state index is 0. The maximum Gasteiger partial charge on any atom is 0.259 e. The van der Waals surface area contributed by atoms with Gasteiger partial charge in [0.05, 0.1) is 5.56 Å². The Morgan fingerprint density at radius 1 is 0.926 bits per heavy atom. The number of benzene rings is 1. The SMILES string of the molecule is Cl.NCc1ccc(-c2noc(-c3ccc(N4CCCCCC4)nc3)n2)cc1. The van der Waals surface area contributed by atoms with E-state index in [1.165, 1.54) is 25.7 Å². The van der Waals surface area contributed by atoms with Crippen LogP contribution in [0.5, 0.6) is 0 Å². The van der Waals surface area contributed by atoms with Crippen molar-refractivity contribution in [1.82, 2.24) is 15.1 Å². The molecular weight excluding hydrogens is 362 g/mol. The first-order valence-electron chi connectivity index (χ1n) is 9.18. The molecule has 7 heteroatoms. The van der Waals surface area contributed by atoms with Crippen molar-refractivity contribution in [3.05, 3.63) is 48.2 Å². The van der Waals surface area contributed by atoms with Gasteiger partial charge < -0.3 is 15.2 Å². The first kappa shape index (κ1) is 19.3. The Kier molecular flexibility index (Phi) is 6.42. The van der Waals surface area contributed by atoms with E-state index in [0.717, 1.165) is 35.6 Å². The van der Waals surface area contributed by atoms with Gasteiger partial charge in [0, 0.05) is 31.4 Å². The van der Waals surface area contributed by atoms with Crippen molar-refractivity contribution in [3.63, 3.8) is 0 Å². The highest BCUT2D eigenvalue weighted by Gasteiger charge is 2.14. The lowest BCUT2D eigenvalue weighted by atomic mass is 10.1. The van der Waals surface area contributed by atoms with E-state index in [9.17, 15) is 0 Å². The minimum absolute atomic E-state index is 0. The third-order valence-corrected chi connectivity index (χ3v) is 4.80. The molecule has 27 heavy (non-hydrogen) atoms. The largest absolute Gasteiger partial charge is 0.357 e. The third kappa shape index (κ3) is 4.46. The van der Waals surface area contributed by atoms with Crippen molar-refractivity contribution in [2.75, 3.05) is 18.0 Å². The molecule has 4 rings (SSSR count). The van der Waals surface area contributed by atoms with Crippen LogP contribution in [0.25, 0.3) is 22.8 Å². The van der Waals surface area contributed by atoms with Gasteiger partial charge in [0.15, 0.2) is 0 Å². The molecule has 0 aliphatic carbocycles. The fraction of sp³-hybridized carbons (Fsp3) is 0.350. The zero-order valence-corrected chi connectivity index (χ0v) is 16.0. The lowest BCUT2D eigenvalue weighted by molar-refractivity contribution is 0.432. The van der Waals surface area contributed by atoms with E-state index in [-0.39, 0.29) is 12.4 Å². The predicted octanol–water partition coefficient (Wildman–Crippen LogP) is 4.06. The first-order valence-corrected chi connectivity index (χ1v) is 9.18. The van der Waals surface area contributed by atoms with E-state index in [1.807, 2.05) is 42.6 Å². The fourth-order valence-electron chi connectivity index (χ4n) is 3.25. The molecule has 1 aliphatic rings. The lowest BCUT2D eigenvalue weighted by Gasteiger charge is -2.21. The predicted molar refractivity (Wildman–Crippen MR) is 109 cm³/mol. The minimum Gasteiger partial charge on any atom is -0.357 e. The second-order valence-electron chi connectivity index (χ2n) is 6.63. The first-order chi connectivity index (χ1) is 12.8. The van der Waals surface area contributed by atoms with Crippen LogP contribution in [0.1, 0.15) is 31.2 Å². The molecule has 142 valence electrons. The van der Waals surface area contributed by atoms with Crippen molar-refractivity contribution < 1.29 is 4.52 Å². The summed E-state index contributed by atoms with van der Waals surface area (Å²) in [7, 11) is 0. The molecule has 0 atom stereocenters. The van der Waals surface area contributed by atoms with Crippen LogP contribution >= 0.6 is 12.4 Å². The molecule has 0 spiro atoms. The van der Waals surface area contributed by atoms with E-state index in [1.54, 1.807) is 0 Å². The number of hydrogen-bond donors (Lipinski definition) is 1. The normalized spacial score (nSPS) is 14.5. The molecule has 3 heterocycles. The molecule has 3 aromatic rings. The van der Waals surface area contributed by atoms with Crippen molar-refractivity contribution in [2.45, 2.75) is 32.2 Å². The summed E-state index contributed by atoms with van der Waals surface area (Å²) >= 11 is 0. The van der Waals surface area contributed by atoms with Gasteiger partial charge >= 0.3 is 0 Å². The second-order valence-corrected chi connectivity index (χ2v) is 6.63. The summed E-state index contributed by atoms with van der Waals surface area (Å²) in [5.74, 6) is 2.07. The van der Waals surface area contributed by atoms with Crippen LogP contribution in [0.4, 0.5) is 5.82 Å². The maximum absolute atomic E-state index is 5.63. The van der Waals surface area contributed by atoms with E-state index in [2.05, 4.69) is 20.0 Å². The van der Waals surface area contributed by atoms with Gasteiger partial charge in [0.2, 0.25) is 5.82 Å². The molecule has 2 N–H and O–H groups in total.